The van der Waals surface area contributed by atoms with Crippen LogP contribution < -0.4 is 0 Å². The van der Waals surface area contributed by atoms with Gasteiger partial charge in [-0.05, 0) is 5.56 Å². The molecule has 0 amide bonds. The average molecular weight is 457 g/mol. The Morgan fingerprint density at radius 3 is 1.97 bits per heavy atom. The zero-order valence-electron chi connectivity index (χ0n) is 16.9. The molecule has 2 aliphatic heterocycles. The van der Waals surface area contributed by atoms with Gasteiger partial charge in [-0.15, -0.1) is 0 Å². The van der Waals surface area contributed by atoms with Crippen molar-refractivity contribution >= 4 is 0 Å². The normalized spacial score (nSPS) is 41.1. The number of hydrogen-bond donors (Lipinski definition) is 7. The van der Waals surface area contributed by atoms with Gasteiger partial charge in [0.1, 0.15) is 48.8 Å². The Hall–Kier alpha value is -1.73. The third-order valence-corrected chi connectivity index (χ3v) is 5.43. The van der Waals surface area contributed by atoms with Crippen LogP contribution in [0.25, 0.3) is 0 Å². The number of nitrogens with zero attached hydrogens (tertiary/aromatic N) is 1. The molecule has 0 radical (unpaired) electrons. The topological polar surface area (TPSA) is 202 Å². The number of aliphatic hydroxyl groups is 7. The molecular formula is C20H27NO11. The van der Waals surface area contributed by atoms with Crippen molar-refractivity contribution in [3.63, 3.8) is 0 Å². The van der Waals surface area contributed by atoms with Gasteiger partial charge in [0.25, 0.3) is 0 Å². The van der Waals surface area contributed by atoms with E-state index < -0.39 is 80.7 Å². The van der Waals surface area contributed by atoms with Gasteiger partial charge in [-0.3, -0.25) is 0 Å². The second-order valence-corrected chi connectivity index (χ2v) is 7.60. The Morgan fingerprint density at radius 2 is 1.38 bits per heavy atom. The quantitative estimate of drug-likeness (QED) is 0.218. The second kappa shape index (κ2) is 10.9. The number of hydrogen-bond acceptors (Lipinski definition) is 12. The van der Waals surface area contributed by atoms with Crippen LogP contribution in [0.15, 0.2) is 30.3 Å². The smallest absolute Gasteiger partial charge is 0.188 e. The molecule has 2 aliphatic rings. The van der Waals surface area contributed by atoms with Crippen molar-refractivity contribution in [2.24, 2.45) is 0 Å². The van der Waals surface area contributed by atoms with Crippen LogP contribution in [-0.2, 0) is 18.9 Å². The number of nitriles is 1. The van der Waals surface area contributed by atoms with Crippen LogP contribution in [0.2, 0.25) is 0 Å². The molecule has 0 aliphatic carbocycles. The van der Waals surface area contributed by atoms with Gasteiger partial charge in [0.2, 0.25) is 0 Å². The highest BCUT2D eigenvalue weighted by Gasteiger charge is 2.48. The summed E-state index contributed by atoms with van der Waals surface area (Å²) < 4.78 is 21.6. The molecule has 2 saturated heterocycles. The lowest BCUT2D eigenvalue weighted by atomic mass is 9.98. The first-order chi connectivity index (χ1) is 15.3. The minimum absolute atomic E-state index is 0.487. The van der Waals surface area contributed by atoms with Crippen LogP contribution in [0.4, 0.5) is 0 Å². The molecule has 0 aromatic heterocycles. The Kier molecular flexibility index (Phi) is 8.50. The van der Waals surface area contributed by atoms with Gasteiger partial charge in [-0.1, -0.05) is 30.3 Å². The van der Waals surface area contributed by atoms with Crippen molar-refractivity contribution in [2.75, 3.05) is 13.2 Å². The van der Waals surface area contributed by atoms with Crippen LogP contribution in [0.5, 0.6) is 0 Å². The maximum Gasteiger partial charge on any atom is 0.188 e. The third-order valence-electron chi connectivity index (χ3n) is 5.43. The molecule has 0 saturated carbocycles. The lowest BCUT2D eigenvalue weighted by Crippen LogP contribution is -2.61. The van der Waals surface area contributed by atoms with E-state index in [1.54, 1.807) is 30.3 Å². The minimum Gasteiger partial charge on any atom is -0.394 e. The molecule has 178 valence electrons. The van der Waals surface area contributed by atoms with Crippen LogP contribution in [-0.4, -0.2) is 110 Å². The molecule has 0 bridgehead atoms. The zero-order chi connectivity index (χ0) is 23.4. The molecule has 1 aromatic rings. The van der Waals surface area contributed by atoms with Crippen molar-refractivity contribution in [1.82, 2.24) is 0 Å². The molecular weight excluding hydrogens is 430 g/mol. The molecule has 3 rings (SSSR count). The minimum atomic E-state index is -1.70. The largest absolute Gasteiger partial charge is 0.394 e. The van der Waals surface area contributed by atoms with E-state index in [0.29, 0.717) is 5.56 Å². The Morgan fingerprint density at radius 1 is 0.812 bits per heavy atom. The third kappa shape index (κ3) is 5.25. The maximum atomic E-state index is 10.3. The van der Waals surface area contributed by atoms with E-state index in [4.69, 9.17) is 18.9 Å². The van der Waals surface area contributed by atoms with E-state index in [1.165, 1.54) is 0 Å². The Balaban J connectivity index is 1.65. The van der Waals surface area contributed by atoms with Gasteiger partial charge >= 0.3 is 0 Å². The molecule has 7 N–H and O–H groups in total. The molecule has 12 nitrogen and oxygen atoms in total. The summed E-state index contributed by atoms with van der Waals surface area (Å²) >= 11 is 0. The van der Waals surface area contributed by atoms with Crippen molar-refractivity contribution in [3.05, 3.63) is 35.9 Å². The molecule has 2 heterocycles. The predicted molar refractivity (Wildman–Crippen MR) is 102 cm³/mol. The Labute approximate surface area is 183 Å². The first-order valence-corrected chi connectivity index (χ1v) is 10.00. The van der Waals surface area contributed by atoms with Gasteiger partial charge in [0, 0.05) is 0 Å². The van der Waals surface area contributed by atoms with Crippen LogP contribution in [0.3, 0.4) is 0 Å². The summed E-state index contributed by atoms with van der Waals surface area (Å²) in [7, 11) is 0. The number of benzene rings is 1. The fourth-order valence-electron chi connectivity index (χ4n) is 3.51. The fraction of sp³-hybridized carbons (Fsp3) is 0.650. The van der Waals surface area contributed by atoms with Crippen LogP contribution in [0, 0.1) is 11.3 Å². The SMILES string of the molecule is N#CC(O[C@@H]1O[C@H](CO[C@@H]2O[C@H](CO)[C@@H](O)[C@@H](O)[C@H]2O)[C@@H](O)[C@H](O)[C@H]1O)c1ccccc1. The van der Waals surface area contributed by atoms with Gasteiger partial charge < -0.3 is 54.7 Å². The van der Waals surface area contributed by atoms with E-state index in [2.05, 4.69) is 0 Å². The van der Waals surface area contributed by atoms with E-state index >= 15 is 0 Å². The lowest BCUT2D eigenvalue weighted by Gasteiger charge is -2.43. The van der Waals surface area contributed by atoms with Gasteiger partial charge in [0.05, 0.1) is 19.3 Å². The summed E-state index contributed by atoms with van der Waals surface area (Å²) in [4.78, 5) is 0. The monoisotopic (exact) mass is 457 g/mol. The second-order valence-electron chi connectivity index (χ2n) is 7.60. The first kappa shape index (κ1) is 24.9. The zero-order valence-corrected chi connectivity index (χ0v) is 16.9. The molecule has 1 aromatic carbocycles. The molecule has 0 spiro atoms. The van der Waals surface area contributed by atoms with Gasteiger partial charge in [-0.25, -0.2) is 0 Å². The van der Waals surface area contributed by atoms with Crippen molar-refractivity contribution in [2.45, 2.75) is 67.5 Å². The number of ether oxygens (including phenoxy) is 4. The standard InChI is InChI=1S/C20H27NO11/c21-6-10(9-4-2-1-3-5-9)30-20-18(28)16(26)14(24)12(32-20)8-29-19-17(27)15(25)13(23)11(7-22)31-19/h1-5,10-20,22-28H,7-8H2/t10?,11-,12-,13-,14-,15-,16+,17-,18-,19-,20-/m1/s1. The maximum absolute atomic E-state index is 10.3. The molecule has 2 fully saturated rings. The van der Waals surface area contributed by atoms with Crippen molar-refractivity contribution in [1.29, 1.82) is 5.26 Å². The van der Waals surface area contributed by atoms with Crippen molar-refractivity contribution in [3.8, 4) is 6.07 Å². The Bertz CT molecular complexity index is 760. The molecule has 32 heavy (non-hydrogen) atoms. The summed E-state index contributed by atoms with van der Waals surface area (Å²) in [6.07, 6.45) is -16.5. The summed E-state index contributed by atoms with van der Waals surface area (Å²) in [6.45, 7) is -1.14. The highest BCUT2D eigenvalue weighted by atomic mass is 16.7. The predicted octanol–water partition coefficient (Wildman–Crippen LogP) is -3.11. The summed E-state index contributed by atoms with van der Waals surface area (Å²) in [5.41, 5.74) is 0.487. The number of rotatable bonds is 7. The lowest BCUT2D eigenvalue weighted by molar-refractivity contribution is -0.334. The van der Waals surface area contributed by atoms with E-state index in [0.717, 1.165) is 0 Å². The molecule has 1 unspecified atom stereocenters. The highest BCUT2D eigenvalue weighted by Crippen LogP contribution is 2.28. The summed E-state index contributed by atoms with van der Waals surface area (Å²) in [5, 5.41) is 79.1. The van der Waals surface area contributed by atoms with E-state index in [9.17, 15) is 41.0 Å². The molecule has 11 atom stereocenters. The van der Waals surface area contributed by atoms with Crippen LogP contribution in [0.1, 0.15) is 11.7 Å². The summed E-state index contributed by atoms with van der Waals surface area (Å²) in [6, 6.07) is 10.3. The van der Waals surface area contributed by atoms with E-state index in [1.807, 2.05) is 6.07 Å². The first-order valence-electron chi connectivity index (χ1n) is 10.00. The summed E-state index contributed by atoms with van der Waals surface area (Å²) in [5.74, 6) is 0. The van der Waals surface area contributed by atoms with Gasteiger partial charge in [0.15, 0.2) is 18.7 Å². The number of aliphatic hydroxyl groups excluding tert-OH is 7. The average Bonchev–Trinajstić information content (AvgIpc) is 2.81. The highest BCUT2D eigenvalue weighted by molar-refractivity contribution is 5.22. The molecule has 12 heteroatoms. The van der Waals surface area contributed by atoms with Crippen LogP contribution >= 0.6 is 0 Å². The van der Waals surface area contributed by atoms with Crippen molar-refractivity contribution < 1.29 is 54.7 Å². The fourth-order valence-corrected chi connectivity index (χ4v) is 3.51. The van der Waals surface area contributed by atoms with Gasteiger partial charge in [-0.2, -0.15) is 5.26 Å². The van der Waals surface area contributed by atoms with E-state index in [-0.39, 0.29) is 0 Å².